The van der Waals surface area contributed by atoms with E-state index in [9.17, 15) is 0 Å². The van der Waals surface area contributed by atoms with Crippen LogP contribution in [0.15, 0.2) is 18.2 Å². The second-order valence-electron chi connectivity index (χ2n) is 4.31. The van der Waals surface area contributed by atoms with Crippen molar-refractivity contribution in [2.24, 2.45) is 0 Å². The molecule has 0 amide bonds. The van der Waals surface area contributed by atoms with E-state index in [1.807, 2.05) is 24.3 Å². The molecule has 0 atom stereocenters. The Morgan fingerprint density at radius 1 is 1.40 bits per heavy atom. The van der Waals surface area contributed by atoms with Gasteiger partial charge < -0.3 is 4.74 Å². The standard InChI is InChI=1S/C12H14ClNO/c1-12(2,3)11-9(13)5-4-6-10(11)15-8-7-14/h4-6H,8H2,1-3H3. The van der Waals surface area contributed by atoms with E-state index < -0.39 is 0 Å². The predicted octanol–water partition coefficient (Wildman–Crippen LogP) is 3.54. The summed E-state index contributed by atoms with van der Waals surface area (Å²) in [5.74, 6) is 0.691. The summed E-state index contributed by atoms with van der Waals surface area (Å²) in [4.78, 5) is 0. The number of hydrogen-bond acceptors (Lipinski definition) is 2. The Bertz CT molecular complexity index is 388. The van der Waals surface area contributed by atoms with E-state index in [-0.39, 0.29) is 12.0 Å². The number of nitrogens with zero attached hydrogens (tertiary/aromatic N) is 1. The van der Waals surface area contributed by atoms with Crippen LogP contribution in [0, 0.1) is 11.3 Å². The monoisotopic (exact) mass is 223 g/mol. The van der Waals surface area contributed by atoms with Crippen molar-refractivity contribution in [2.75, 3.05) is 6.61 Å². The molecule has 3 heteroatoms. The third kappa shape index (κ3) is 2.87. The lowest BCUT2D eigenvalue weighted by atomic mass is 9.86. The Morgan fingerprint density at radius 2 is 2.07 bits per heavy atom. The molecule has 1 rings (SSSR count). The van der Waals surface area contributed by atoms with Crippen LogP contribution in [0.2, 0.25) is 5.02 Å². The summed E-state index contributed by atoms with van der Waals surface area (Å²) in [5, 5.41) is 9.16. The molecule has 2 nitrogen and oxygen atoms in total. The Hall–Kier alpha value is -1.20. The normalized spacial score (nSPS) is 10.9. The first-order chi connectivity index (χ1) is 6.96. The van der Waals surface area contributed by atoms with Crippen molar-refractivity contribution in [3.8, 4) is 11.8 Å². The maximum Gasteiger partial charge on any atom is 0.174 e. The maximum absolute atomic E-state index is 8.48. The summed E-state index contributed by atoms with van der Waals surface area (Å²) in [6.45, 7) is 6.23. The lowest BCUT2D eigenvalue weighted by Crippen LogP contribution is -2.14. The van der Waals surface area contributed by atoms with Crippen LogP contribution in [-0.4, -0.2) is 6.61 Å². The minimum Gasteiger partial charge on any atom is -0.478 e. The van der Waals surface area contributed by atoms with Crippen LogP contribution < -0.4 is 4.74 Å². The minimum atomic E-state index is -0.0941. The third-order valence-electron chi connectivity index (χ3n) is 2.02. The van der Waals surface area contributed by atoms with Crippen LogP contribution in [0.25, 0.3) is 0 Å². The van der Waals surface area contributed by atoms with Crippen LogP contribution in [0.3, 0.4) is 0 Å². The number of nitriles is 1. The van der Waals surface area contributed by atoms with Crippen LogP contribution in [0.5, 0.6) is 5.75 Å². The molecule has 0 fully saturated rings. The van der Waals surface area contributed by atoms with Gasteiger partial charge in [-0.1, -0.05) is 38.4 Å². The van der Waals surface area contributed by atoms with Gasteiger partial charge in [0.15, 0.2) is 6.61 Å². The first kappa shape index (κ1) is 11.9. The molecule has 80 valence electrons. The molecule has 0 aliphatic heterocycles. The van der Waals surface area contributed by atoms with Crippen LogP contribution in [0.4, 0.5) is 0 Å². The summed E-state index contributed by atoms with van der Waals surface area (Å²) < 4.78 is 5.35. The molecule has 0 bridgehead atoms. The molecule has 0 aliphatic carbocycles. The lowest BCUT2D eigenvalue weighted by molar-refractivity contribution is 0.355. The molecule has 1 aromatic carbocycles. The molecule has 0 spiro atoms. The smallest absolute Gasteiger partial charge is 0.174 e. The Morgan fingerprint density at radius 3 is 2.60 bits per heavy atom. The van der Waals surface area contributed by atoms with Gasteiger partial charge in [-0.3, -0.25) is 0 Å². The summed E-state index contributed by atoms with van der Waals surface area (Å²) in [5.41, 5.74) is 0.852. The van der Waals surface area contributed by atoms with Gasteiger partial charge in [-0.25, -0.2) is 0 Å². The fraction of sp³-hybridized carbons (Fsp3) is 0.417. The number of ether oxygens (including phenoxy) is 1. The van der Waals surface area contributed by atoms with Crippen molar-refractivity contribution in [2.45, 2.75) is 26.2 Å². The zero-order valence-electron chi connectivity index (χ0n) is 9.17. The van der Waals surface area contributed by atoms with Crippen molar-refractivity contribution in [3.05, 3.63) is 28.8 Å². The highest BCUT2D eigenvalue weighted by molar-refractivity contribution is 6.31. The van der Waals surface area contributed by atoms with Gasteiger partial charge in [0.1, 0.15) is 11.8 Å². The first-order valence-electron chi connectivity index (χ1n) is 4.75. The van der Waals surface area contributed by atoms with Crippen molar-refractivity contribution >= 4 is 11.6 Å². The van der Waals surface area contributed by atoms with Gasteiger partial charge in [-0.15, -0.1) is 0 Å². The third-order valence-corrected chi connectivity index (χ3v) is 2.33. The summed E-state index contributed by atoms with van der Waals surface area (Å²) >= 11 is 6.13. The first-order valence-corrected chi connectivity index (χ1v) is 5.13. The molecule has 0 aliphatic rings. The van der Waals surface area contributed by atoms with Gasteiger partial charge >= 0.3 is 0 Å². The average Bonchev–Trinajstić information content (AvgIpc) is 2.12. The Kier molecular flexibility index (Phi) is 3.60. The van der Waals surface area contributed by atoms with E-state index in [1.54, 1.807) is 0 Å². The number of hydrogen-bond donors (Lipinski definition) is 0. The molecule has 0 saturated heterocycles. The summed E-state index contributed by atoms with van der Waals surface area (Å²) in [6, 6.07) is 7.44. The SMILES string of the molecule is CC(C)(C)c1c(Cl)cccc1OCC#N. The molecule has 0 heterocycles. The van der Waals surface area contributed by atoms with Crippen molar-refractivity contribution in [3.63, 3.8) is 0 Å². The Labute approximate surface area is 95.4 Å². The minimum absolute atomic E-state index is 0.0451. The van der Waals surface area contributed by atoms with E-state index in [0.717, 1.165) is 5.56 Å². The fourth-order valence-corrected chi connectivity index (χ4v) is 1.91. The molecule has 0 unspecified atom stereocenters. The van der Waals surface area contributed by atoms with E-state index in [4.69, 9.17) is 21.6 Å². The predicted molar refractivity (Wildman–Crippen MR) is 61.3 cm³/mol. The molecule has 15 heavy (non-hydrogen) atoms. The number of halogens is 1. The highest BCUT2D eigenvalue weighted by Crippen LogP contribution is 2.36. The molecular weight excluding hydrogens is 210 g/mol. The second-order valence-corrected chi connectivity index (χ2v) is 4.72. The van der Waals surface area contributed by atoms with Gasteiger partial charge in [0.25, 0.3) is 0 Å². The zero-order chi connectivity index (χ0) is 11.5. The van der Waals surface area contributed by atoms with E-state index in [2.05, 4.69) is 20.8 Å². The fourth-order valence-electron chi connectivity index (χ4n) is 1.46. The van der Waals surface area contributed by atoms with Crippen LogP contribution >= 0.6 is 11.6 Å². The Balaban J connectivity index is 3.16. The topological polar surface area (TPSA) is 33.0 Å². The molecule has 0 radical (unpaired) electrons. The molecule has 1 aromatic rings. The highest BCUT2D eigenvalue weighted by atomic mass is 35.5. The van der Waals surface area contributed by atoms with Crippen LogP contribution in [0.1, 0.15) is 26.3 Å². The molecule has 0 saturated carbocycles. The van der Waals surface area contributed by atoms with E-state index in [0.29, 0.717) is 10.8 Å². The van der Waals surface area contributed by atoms with E-state index >= 15 is 0 Å². The summed E-state index contributed by atoms with van der Waals surface area (Å²) in [6.07, 6.45) is 0. The van der Waals surface area contributed by atoms with Crippen molar-refractivity contribution in [1.29, 1.82) is 5.26 Å². The van der Waals surface area contributed by atoms with E-state index in [1.165, 1.54) is 0 Å². The van der Waals surface area contributed by atoms with Gasteiger partial charge in [0.05, 0.1) is 0 Å². The quantitative estimate of drug-likeness (QED) is 0.768. The summed E-state index contributed by atoms with van der Waals surface area (Å²) in [7, 11) is 0. The molecular formula is C12H14ClNO. The second kappa shape index (κ2) is 4.55. The zero-order valence-corrected chi connectivity index (χ0v) is 9.93. The van der Waals surface area contributed by atoms with Gasteiger partial charge in [0, 0.05) is 10.6 Å². The average molecular weight is 224 g/mol. The van der Waals surface area contributed by atoms with Gasteiger partial charge in [0.2, 0.25) is 0 Å². The van der Waals surface area contributed by atoms with Crippen molar-refractivity contribution < 1.29 is 4.74 Å². The molecule has 0 aromatic heterocycles. The largest absolute Gasteiger partial charge is 0.478 e. The van der Waals surface area contributed by atoms with Gasteiger partial charge in [-0.2, -0.15) is 5.26 Å². The number of rotatable bonds is 2. The number of benzene rings is 1. The maximum atomic E-state index is 8.48. The van der Waals surface area contributed by atoms with Gasteiger partial charge in [-0.05, 0) is 17.5 Å². The van der Waals surface area contributed by atoms with Crippen LogP contribution in [-0.2, 0) is 5.41 Å². The lowest BCUT2D eigenvalue weighted by Gasteiger charge is -2.23. The molecule has 0 N–H and O–H groups in total. The van der Waals surface area contributed by atoms with Crippen molar-refractivity contribution in [1.82, 2.24) is 0 Å². The highest BCUT2D eigenvalue weighted by Gasteiger charge is 2.22.